The lowest BCUT2D eigenvalue weighted by atomic mass is 9.73. The van der Waals surface area contributed by atoms with Crippen molar-refractivity contribution in [3.05, 3.63) is 33.3 Å². The van der Waals surface area contributed by atoms with Crippen LogP contribution in [0.1, 0.15) is 44.5 Å². The fourth-order valence-electron chi connectivity index (χ4n) is 3.20. The molecule has 166 valence electrons. The standard InChI is InChI=1S/C20H30BBrClN3O4/c1-12(2)7-18(21-29-13(3)9-24-10-14(4)30-21)26-19(27)11-25-20(28)16-8-15(22)5-6-17(16)23/h5-6,8,12-14,18,24H,7,9-11H2,1-4H3,(H,25,28)(H,26,27)/t13?,14?,18-/m0/s1. The Morgan fingerprint density at radius 2 is 1.90 bits per heavy atom. The van der Waals surface area contributed by atoms with Crippen LogP contribution in [0.15, 0.2) is 22.7 Å². The van der Waals surface area contributed by atoms with Crippen LogP contribution < -0.4 is 16.0 Å². The molecule has 0 radical (unpaired) electrons. The highest BCUT2D eigenvalue weighted by Gasteiger charge is 2.36. The van der Waals surface area contributed by atoms with E-state index in [4.69, 9.17) is 20.9 Å². The Kier molecular flexibility index (Phi) is 10.1. The first-order valence-corrected chi connectivity index (χ1v) is 11.4. The lowest BCUT2D eigenvalue weighted by Crippen LogP contribution is -2.56. The number of amides is 2. The van der Waals surface area contributed by atoms with E-state index in [0.29, 0.717) is 22.9 Å². The summed E-state index contributed by atoms with van der Waals surface area (Å²) in [5, 5.41) is 9.20. The molecule has 1 heterocycles. The molecule has 10 heteroatoms. The average molecular weight is 503 g/mol. The summed E-state index contributed by atoms with van der Waals surface area (Å²) < 4.78 is 12.8. The van der Waals surface area contributed by atoms with Crippen LogP contribution in [0, 0.1) is 5.92 Å². The number of rotatable bonds is 7. The molecule has 0 bridgehead atoms. The van der Waals surface area contributed by atoms with Crippen LogP contribution in [0.3, 0.4) is 0 Å². The number of hydrogen-bond acceptors (Lipinski definition) is 5. The molecule has 1 aliphatic rings. The zero-order valence-electron chi connectivity index (χ0n) is 17.8. The first-order chi connectivity index (χ1) is 14.2. The molecule has 0 spiro atoms. The van der Waals surface area contributed by atoms with E-state index in [2.05, 4.69) is 45.7 Å². The second kappa shape index (κ2) is 12.1. The molecule has 0 aliphatic carbocycles. The van der Waals surface area contributed by atoms with Gasteiger partial charge in [0, 0.05) is 17.6 Å². The molecule has 1 fully saturated rings. The maximum Gasteiger partial charge on any atom is 0.481 e. The summed E-state index contributed by atoms with van der Waals surface area (Å²) in [4.78, 5) is 25.0. The van der Waals surface area contributed by atoms with Crippen molar-refractivity contribution in [1.82, 2.24) is 16.0 Å². The number of carbonyl (C=O) groups is 2. The largest absolute Gasteiger partial charge is 0.481 e. The summed E-state index contributed by atoms with van der Waals surface area (Å²) in [5.74, 6) is -0.727. The van der Waals surface area contributed by atoms with E-state index < -0.39 is 13.0 Å². The Morgan fingerprint density at radius 1 is 1.27 bits per heavy atom. The first-order valence-electron chi connectivity index (χ1n) is 10.2. The van der Waals surface area contributed by atoms with Crippen molar-refractivity contribution >= 4 is 46.5 Å². The predicted octanol–water partition coefficient (Wildman–Crippen LogP) is 2.80. The number of benzene rings is 1. The van der Waals surface area contributed by atoms with Crippen LogP contribution in [0.2, 0.25) is 5.02 Å². The van der Waals surface area contributed by atoms with E-state index in [1.54, 1.807) is 18.2 Å². The normalized spacial score (nSPS) is 21.0. The minimum absolute atomic E-state index is 0.0487. The summed E-state index contributed by atoms with van der Waals surface area (Å²) >= 11 is 9.40. The van der Waals surface area contributed by atoms with Gasteiger partial charge in [0.25, 0.3) is 5.91 Å². The summed E-state index contributed by atoms with van der Waals surface area (Å²) in [6, 6.07) is 4.98. The molecular formula is C20H30BBrClN3O4. The fraction of sp³-hybridized carbons (Fsp3) is 0.600. The molecule has 1 aromatic carbocycles. The van der Waals surface area contributed by atoms with Gasteiger partial charge in [0.05, 0.1) is 35.3 Å². The van der Waals surface area contributed by atoms with Crippen molar-refractivity contribution in [3.8, 4) is 0 Å². The molecule has 2 rings (SSSR count). The highest BCUT2D eigenvalue weighted by Crippen LogP contribution is 2.20. The lowest BCUT2D eigenvalue weighted by molar-refractivity contribution is -0.120. The van der Waals surface area contributed by atoms with Crippen LogP contribution in [0.5, 0.6) is 0 Å². The van der Waals surface area contributed by atoms with E-state index in [9.17, 15) is 9.59 Å². The summed E-state index contributed by atoms with van der Waals surface area (Å²) in [5.41, 5.74) is 0.305. The van der Waals surface area contributed by atoms with Gasteiger partial charge < -0.3 is 25.3 Å². The predicted molar refractivity (Wildman–Crippen MR) is 123 cm³/mol. The molecule has 1 aromatic rings. The van der Waals surface area contributed by atoms with Gasteiger partial charge in [-0.2, -0.15) is 0 Å². The van der Waals surface area contributed by atoms with Crippen LogP contribution >= 0.6 is 27.5 Å². The second-order valence-corrected chi connectivity index (χ2v) is 9.35. The average Bonchev–Trinajstić information content (AvgIpc) is 2.65. The van der Waals surface area contributed by atoms with Gasteiger partial charge in [-0.15, -0.1) is 0 Å². The third-order valence-corrected chi connectivity index (χ3v) is 5.40. The van der Waals surface area contributed by atoms with E-state index in [1.165, 1.54) is 0 Å². The van der Waals surface area contributed by atoms with E-state index in [1.807, 2.05) is 13.8 Å². The Hall–Kier alpha value is -1.13. The lowest BCUT2D eigenvalue weighted by Gasteiger charge is -2.32. The Bertz CT molecular complexity index is 728. The van der Waals surface area contributed by atoms with Gasteiger partial charge in [0.15, 0.2) is 0 Å². The molecule has 7 nitrogen and oxygen atoms in total. The molecule has 2 amide bonds. The molecule has 0 aromatic heterocycles. The van der Waals surface area contributed by atoms with E-state index in [0.717, 1.165) is 17.6 Å². The topological polar surface area (TPSA) is 88.7 Å². The van der Waals surface area contributed by atoms with Crippen LogP contribution in [-0.4, -0.2) is 56.7 Å². The van der Waals surface area contributed by atoms with Crippen molar-refractivity contribution < 1.29 is 18.9 Å². The monoisotopic (exact) mass is 501 g/mol. The zero-order chi connectivity index (χ0) is 22.3. The van der Waals surface area contributed by atoms with E-state index in [-0.39, 0.29) is 30.6 Å². The molecule has 3 atom stereocenters. The number of nitrogens with one attached hydrogen (secondary N) is 3. The minimum Gasteiger partial charge on any atom is -0.406 e. The maximum atomic E-state index is 12.6. The Labute approximate surface area is 192 Å². The van der Waals surface area contributed by atoms with Crippen molar-refractivity contribution in [3.63, 3.8) is 0 Å². The third kappa shape index (κ3) is 8.19. The SMILES string of the molecule is CC(C)C[C@H](NC(=O)CNC(=O)c1cc(Br)ccc1Cl)B1OC(C)CNCC(C)O1. The van der Waals surface area contributed by atoms with Gasteiger partial charge in [-0.3, -0.25) is 9.59 Å². The van der Waals surface area contributed by atoms with Gasteiger partial charge >= 0.3 is 7.12 Å². The van der Waals surface area contributed by atoms with Gasteiger partial charge in [-0.1, -0.05) is 41.4 Å². The fourth-order valence-corrected chi connectivity index (χ4v) is 3.76. The minimum atomic E-state index is -0.557. The Morgan fingerprint density at radius 3 is 2.50 bits per heavy atom. The molecule has 2 unspecified atom stereocenters. The van der Waals surface area contributed by atoms with Crippen LogP contribution in [-0.2, 0) is 14.1 Å². The molecule has 1 aliphatic heterocycles. The van der Waals surface area contributed by atoms with Gasteiger partial charge in [0.2, 0.25) is 5.91 Å². The van der Waals surface area contributed by atoms with Gasteiger partial charge in [-0.25, -0.2) is 0 Å². The summed E-state index contributed by atoms with van der Waals surface area (Å²) in [6.07, 6.45) is 0.592. The smallest absolute Gasteiger partial charge is 0.406 e. The molecule has 0 saturated carbocycles. The van der Waals surface area contributed by atoms with E-state index >= 15 is 0 Å². The molecular weight excluding hydrogens is 472 g/mol. The molecule has 30 heavy (non-hydrogen) atoms. The zero-order valence-corrected chi connectivity index (χ0v) is 20.2. The van der Waals surface area contributed by atoms with Crippen molar-refractivity contribution in [2.45, 2.75) is 52.3 Å². The Balaban J connectivity index is 2.00. The number of halogens is 2. The third-order valence-electron chi connectivity index (χ3n) is 4.58. The molecule has 1 saturated heterocycles. The van der Waals surface area contributed by atoms with Crippen molar-refractivity contribution in [2.24, 2.45) is 5.92 Å². The second-order valence-electron chi connectivity index (χ2n) is 8.03. The number of hydrogen-bond donors (Lipinski definition) is 3. The molecule has 3 N–H and O–H groups in total. The van der Waals surface area contributed by atoms with Crippen molar-refractivity contribution in [1.29, 1.82) is 0 Å². The highest BCUT2D eigenvalue weighted by atomic mass is 79.9. The number of carbonyl (C=O) groups excluding carboxylic acids is 2. The van der Waals surface area contributed by atoms with Crippen LogP contribution in [0.25, 0.3) is 0 Å². The van der Waals surface area contributed by atoms with Gasteiger partial charge in [-0.05, 0) is 44.4 Å². The summed E-state index contributed by atoms with van der Waals surface area (Å²) in [7, 11) is -0.557. The highest BCUT2D eigenvalue weighted by molar-refractivity contribution is 9.10. The van der Waals surface area contributed by atoms with Crippen molar-refractivity contribution in [2.75, 3.05) is 19.6 Å². The van der Waals surface area contributed by atoms with Gasteiger partial charge in [0.1, 0.15) is 0 Å². The quantitative estimate of drug-likeness (QED) is 0.499. The maximum absolute atomic E-state index is 12.6. The first kappa shape index (κ1) is 25.1. The summed E-state index contributed by atoms with van der Waals surface area (Å²) in [6.45, 7) is 9.35. The van der Waals surface area contributed by atoms with Crippen LogP contribution in [0.4, 0.5) is 0 Å².